The molecule has 0 atom stereocenters. The van der Waals surface area contributed by atoms with Crippen LogP contribution in [0.2, 0.25) is 0 Å². The number of hydrogen-bond acceptors (Lipinski definition) is 5. The summed E-state index contributed by atoms with van der Waals surface area (Å²) in [6.45, 7) is 6.01. The average molecular weight is 353 g/mol. The molecule has 0 saturated carbocycles. The normalized spacial score (nSPS) is 15.7. The van der Waals surface area contributed by atoms with Crippen LogP contribution in [-0.4, -0.2) is 47.9 Å². The van der Waals surface area contributed by atoms with E-state index in [-0.39, 0.29) is 11.7 Å². The van der Waals surface area contributed by atoms with Crippen molar-refractivity contribution in [3.8, 4) is 5.75 Å². The fraction of sp³-hybridized carbons (Fsp3) is 0.300. The molecule has 1 saturated heterocycles. The minimum Gasteiger partial charge on any atom is -0.507 e. The van der Waals surface area contributed by atoms with E-state index in [2.05, 4.69) is 15.4 Å². The summed E-state index contributed by atoms with van der Waals surface area (Å²) >= 11 is 0. The highest BCUT2D eigenvalue weighted by molar-refractivity contribution is 6.02. The van der Waals surface area contributed by atoms with Crippen LogP contribution < -0.4 is 5.43 Å². The number of amides is 1. The maximum Gasteiger partial charge on any atom is 0.271 e. The summed E-state index contributed by atoms with van der Waals surface area (Å²) in [6, 6.07) is 14.4. The SMILES string of the molecule is C/C(=N/NC(=O)c1ccc(CN2CCOCC2)cc1)c1ccccc1O. The first-order valence-electron chi connectivity index (χ1n) is 8.65. The molecule has 6 heteroatoms. The van der Waals surface area contributed by atoms with Gasteiger partial charge in [-0.3, -0.25) is 9.69 Å². The van der Waals surface area contributed by atoms with E-state index in [4.69, 9.17) is 4.74 Å². The minimum absolute atomic E-state index is 0.135. The van der Waals surface area contributed by atoms with Crippen molar-refractivity contribution < 1.29 is 14.6 Å². The first-order chi connectivity index (χ1) is 12.6. The molecule has 0 aromatic heterocycles. The summed E-state index contributed by atoms with van der Waals surface area (Å²) in [4.78, 5) is 14.6. The Kier molecular flexibility index (Phi) is 5.99. The number of nitrogens with one attached hydrogen (secondary N) is 1. The average Bonchev–Trinajstić information content (AvgIpc) is 2.67. The molecule has 3 rings (SSSR count). The molecule has 1 amide bonds. The Morgan fingerprint density at radius 2 is 1.85 bits per heavy atom. The van der Waals surface area contributed by atoms with E-state index in [0.29, 0.717) is 16.8 Å². The van der Waals surface area contributed by atoms with E-state index in [1.54, 1.807) is 37.3 Å². The predicted molar refractivity (Wildman–Crippen MR) is 100 cm³/mol. The topological polar surface area (TPSA) is 74.2 Å². The zero-order valence-corrected chi connectivity index (χ0v) is 14.8. The second-order valence-electron chi connectivity index (χ2n) is 6.24. The van der Waals surface area contributed by atoms with Gasteiger partial charge in [-0.2, -0.15) is 5.10 Å². The van der Waals surface area contributed by atoms with Crippen molar-refractivity contribution >= 4 is 11.6 Å². The summed E-state index contributed by atoms with van der Waals surface area (Å²) in [5.74, 6) is -0.145. The molecule has 136 valence electrons. The number of benzene rings is 2. The molecule has 1 aliphatic rings. The minimum atomic E-state index is -0.280. The lowest BCUT2D eigenvalue weighted by molar-refractivity contribution is 0.0342. The second-order valence-corrected chi connectivity index (χ2v) is 6.24. The van der Waals surface area contributed by atoms with Crippen molar-refractivity contribution in [2.75, 3.05) is 26.3 Å². The summed E-state index contributed by atoms with van der Waals surface area (Å²) < 4.78 is 5.35. The molecule has 2 aromatic rings. The van der Waals surface area contributed by atoms with Crippen LogP contribution in [0.3, 0.4) is 0 Å². The quantitative estimate of drug-likeness (QED) is 0.639. The third kappa shape index (κ3) is 4.68. The Balaban J connectivity index is 1.59. The molecule has 1 heterocycles. The van der Waals surface area contributed by atoms with Gasteiger partial charge in [-0.25, -0.2) is 5.43 Å². The van der Waals surface area contributed by atoms with E-state index in [1.807, 2.05) is 18.2 Å². The number of nitrogens with zero attached hydrogens (tertiary/aromatic N) is 2. The molecule has 2 N–H and O–H groups in total. The van der Waals surface area contributed by atoms with Crippen LogP contribution in [0.25, 0.3) is 0 Å². The number of para-hydroxylation sites is 1. The number of aromatic hydroxyl groups is 1. The molecule has 0 aliphatic carbocycles. The Morgan fingerprint density at radius 3 is 2.54 bits per heavy atom. The van der Waals surface area contributed by atoms with Crippen LogP contribution in [0.1, 0.15) is 28.4 Å². The van der Waals surface area contributed by atoms with Gasteiger partial charge in [0.2, 0.25) is 0 Å². The second kappa shape index (κ2) is 8.60. The number of carbonyl (C=O) groups is 1. The summed E-state index contributed by atoms with van der Waals surface area (Å²) in [5, 5.41) is 13.9. The van der Waals surface area contributed by atoms with Crippen LogP contribution in [-0.2, 0) is 11.3 Å². The number of phenols is 1. The van der Waals surface area contributed by atoms with Crippen molar-refractivity contribution in [1.82, 2.24) is 10.3 Å². The van der Waals surface area contributed by atoms with Gasteiger partial charge in [0.1, 0.15) is 5.75 Å². The van der Waals surface area contributed by atoms with E-state index >= 15 is 0 Å². The molecule has 26 heavy (non-hydrogen) atoms. The van der Waals surface area contributed by atoms with Gasteiger partial charge < -0.3 is 9.84 Å². The van der Waals surface area contributed by atoms with Crippen LogP contribution >= 0.6 is 0 Å². The summed E-state index contributed by atoms with van der Waals surface area (Å²) in [5.41, 5.74) is 5.38. The summed E-state index contributed by atoms with van der Waals surface area (Å²) in [6.07, 6.45) is 0. The van der Waals surface area contributed by atoms with Gasteiger partial charge in [0.15, 0.2) is 0 Å². The highest BCUT2D eigenvalue weighted by atomic mass is 16.5. The van der Waals surface area contributed by atoms with E-state index < -0.39 is 0 Å². The smallest absolute Gasteiger partial charge is 0.271 e. The number of ether oxygens (including phenoxy) is 1. The molecular formula is C20H23N3O3. The largest absolute Gasteiger partial charge is 0.507 e. The number of phenolic OH excluding ortho intramolecular Hbond substituents is 1. The van der Waals surface area contributed by atoms with Crippen LogP contribution in [0, 0.1) is 0 Å². The lowest BCUT2D eigenvalue weighted by Gasteiger charge is -2.26. The first kappa shape index (κ1) is 18.1. The Labute approximate surface area is 153 Å². The molecular weight excluding hydrogens is 330 g/mol. The predicted octanol–water partition coefficient (Wildman–Crippen LogP) is 2.38. The molecule has 1 fully saturated rings. The maximum absolute atomic E-state index is 12.3. The molecule has 0 spiro atoms. The van der Waals surface area contributed by atoms with Crippen molar-refractivity contribution in [1.29, 1.82) is 0 Å². The fourth-order valence-corrected chi connectivity index (χ4v) is 2.82. The van der Waals surface area contributed by atoms with Gasteiger partial charge in [0.25, 0.3) is 5.91 Å². The molecule has 6 nitrogen and oxygen atoms in total. The highest BCUT2D eigenvalue weighted by Gasteiger charge is 2.11. The van der Waals surface area contributed by atoms with Gasteiger partial charge in [-0.05, 0) is 36.8 Å². The lowest BCUT2D eigenvalue weighted by atomic mass is 10.1. The van der Waals surface area contributed by atoms with Gasteiger partial charge in [0.05, 0.1) is 18.9 Å². The van der Waals surface area contributed by atoms with Crippen LogP contribution in [0.5, 0.6) is 5.75 Å². The first-order valence-corrected chi connectivity index (χ1v) is 8.65. The number of rotatable bonds is 5. The van der Waals surface area contributed by atoms with Crippen molar-refractivity contribution in [3.63, 3.8) is 0 Å². The van der Waals surface area contributed by atoms with Gasteiger partial charge >= 0.3 is 0 Å². The summed E-state index contributed by atoms with van der Waals surface area (Å²) in [7, 11) is 0. The number of carbonyl (C=O) groups excluding carboxylic acids is 1. The zero-order valence-electron chi connectivity index (χ0n) is 14.8. The number of morpholine rings is 1. The molecule has 0 bridgehead atoms. The van der Waals surface area contributed by atoms with Crippen molar-refractivity contribution in [3.05, 3.63) is 65.2 Å². The highest BCUT2D eigenvalue weighted by Crippen LogP contribution is 2.16. The molecule has 0 unspecified atom stereocenters. The Hall–Kier alpha value is -2.70. The molecule has 1 aliphatic heterocycles. The van der Waals surface area contributed by atoms with Gasteiger partial charge in [-0.1, -0.05) is 24.3 Å². The van der Waals surface area contributed by atoms with E-state index in [9.17, 15) is 9.90 Å². The lowest BCUT2D eigenvalue weighted by Crippen LogP contribution is -2.35. The van der Waals surface area contributed by atoms with E-state index in [0.717, 1.165) is 38.4 Å². The zero-order chi connectivity index (χ0) is 18.4. The van der Waals surface area contributed by atoms with E-state index in [1.165, 1.54) is 0 Å². The Morgan fingerprint density at radius 1 is 1.15 bits per heavy atom. The third-order valence-corrected chi connectivity index (χ3v) is 4.35. The van der Waals surface area contributed by atoms with Gasteiger partial charge in [0, 0.05) is 30.8 Å². The van der Waals surface area contributed by atoms with Crippen LogP contribution in [0.15, 0.2) is 53.6 Å². The van der Waals surface area contributed by atoms with Gasteiger partial charge in [-0.15, -0.1) is 0 Å². The standard InChI is InChI=1S/C20H23N3O3/c1-15(18-4-2-3-5-19(18)24)21-22-20(25)17-8-6-16(7-9-17)14-23-10-12-26-13-11-23/h2-9,24H,10-14H2,1H3,(H,22,25)/b21-15-. The molecule has 2 aromatic carbocycles. The monoisotopic (exact) mass is 353 g/mol. The Bertz CT molecular complexity index is 781. The maximum atomic E-state index is 12.3. The molecule has 0 radical (unpaired) electrons. The van der Waals surface area contributed by atoms with Crippen molar-refractivity contribution in [2.45, 2.75) is 13.5 Å². The number of hydrogen-bond donors (Lipinski definition) is 2. The van der Waals surface area contributed by atoms with Crippen LogP contribution in [0.4, 0.5) is 0 Å². The third-order valence-electron chi connectivity index (χ3n) is 4.35. The number of hydrazone groups is 1. The van der Waals surface area contributed by atoms with Crippen molar-refractivity contribution in [2.24, 2.45) is 5.10 Å². The fourth-order valence-electron chi connectivity index (χ4n) is 2.82.